The topological polar surface area (TPSA) is 135 Å². The number of ether oxygens (including phenoxy) is 4. The van der Waals surface area contributed by atoms with E-state index in [4.69, 9.17) is 37.6 Å². The van der Waals surface area contributed by atoms with Crippen molar-refractivity contribution in [1.82, 2.24) is 0 Å². The van der Waals surface area contributed by atoms with Crippen LogP contribution in [0.2, 0.25) is 0 Å². The average molecular weight is 601 g/mol. The van der Waals surface area contributed by atoms with E-state index in [1.807, 2.05) is 27.7 Å². The third-order valence-corrected chi connectivity index (χ3v) is 8.13. The van der Waals surface area contributed by atoms with E-state index < -0.39 is 21.8 Å². The van der Waals surface area contributed by atoms with Gasteiger partial charge in [-0.1, -0.05) is 19.9 Å². The predicted molar refractivity (Wildman–Crippen MR) is 146 cm³/mol. The number of halogens is 1. The molecule has 4 aliphatic rings. The monoisotopic (exact) mass is 600 g/mol. The Bertz CT molecular complexity index is 1560. The molecule has 0 fully saturated rings. The van der Waals surface area contributed by atoms with Crippen LogP contribution in [0.3, 0.4) is 0 Å². The molecule has 0 atom stereocenters. The van der Waals surface area contributed by atoms with Crippen molar-refractivity contribution in [2.45, 2.75) is 77.8 Å². The summed E-state index contributed by atoms with van der Waals surface area (Å²) in [6.07, 6.45) is 6.63. The van der Waals surface area contributed by atoms with Gasteiger partial charge in [0.05, 0.1) is 11.5 Å². The largest absolute Gasteiger partial charge is 0.449 e. The van der Waals surface area contributed by atoms with Gasteiger partial charge in [0.15, 0.2) is 28.7 Å². The molecule has 42 heavy (non-hydrogen) atoms. The van der Waals surface area contributed by atoms with Gasteiger partial charge >= 0.3 is 0 Å². The Morgan fingerprint density at radius 3 is 1.69 bits per heavy atom. The molecule has 0 spiro atoms. The van der Waals surface area contributed by atoms with Gasteiger partial charge in [-0.3, -0.25) is 0 Å². The highest BCUT2D eigenvalue weighted by Crippen LogP contribution is 2.53. The third kappa shape index (κ3) is 5.22. The van der Waals surface area contributed by atoms with E-state index in [0.717, 1.165) is 34.4 Å². The maximum atomic E-state index is 8.49. The number of hydrogen-bond donors (Lipinski definition) is 0. The minimum atomic E-state index is -4.94. The molecular weight excluding hydrogens is 564 g/mol. The Hall–Kier alpha value is -3.28. The first-order valence-electron chi connectivity index (χ1n) is 13.6. The summed E-state index contributed by atoms with van der Waals surface area (Å²) in [5.74, 6) is 1.96. The van der Waals surface area contributed by atoms with E-state index in [1.54, 1.807) is 0 Å². The second kappa shape index (κ2) is 9.36. The van der Waals surface area contributed by atoms with Crippen LogP contribution in [0.4, 0.5) is 11.4 Å². The van der Waals surface area contributed by atoms with Crippen molar-refractivity contribution in [2.75, 3.05) is 19.0 Å². The van der Waals surface area contributed by atoms with Crippen LogP contribution >= 0.6 is 0 Å². The highest BCUT2D eigenvalue weighted by atomic mass is 35.7. The molecule has 0 amide bonds. The number of anilines is 1. The summed E-state index contributed by atoms with van der Waals surface area (Å²) in [4.78, 5) is 2.26. The number of likely N-dealkylation sites (N-methyl/N-ethyl adjacent to an activating group) is 1. The van der Waals surface area contributed by atoms with Gasteiger partial charge in [-0.25, -0.2) is 18.6 Å². The van der Waals surface area contributed by atoms with Gasteiger partial charge in [-0.15, -0.1) is 10.2 Å². The molecule has 2 aromatic rings. The van der Waals surface area contributed by atoms with Crippen LogP contribution in [0.25, 0.3) is 0 Å². The van der Waals surface area contributed by atoms with Crippen LogP contribution in [0.15, 0.2) is 48.2 Å². The van der Waals surface area contributed by atoms with E-state index >= 15 is 0 Å². The van der Waals surface area contributed by atoms with Crippen molar-refractivity contribution < 1.29 is 52.4 Å². The highest BCUT2D eigenvalue weighted by molar-refractivity contribution is 6.03. The second-order valence-corrected chi connectivity index (χ2v) is 13.6. The Labute approximate surface area is 248 Å². The lowest BCUT2D eigenvalue weighted by atomic mass is 9.81. The Morgan fingerprint density at radius 1 is 0.714 bits per heavy atom. The highest BCUT2D eigenvalue weighted by Gasteiger charge is 2.46. The smallest absolute Gasteiger partial charge is 0.246 e. The number of fused-ring (bicyclic) bond motifs is 4. The van der Waals surface area contributed by atoms with Gasteiger partial charge in [-0.05, 0) is 37.6 Å². The number of nitrogens with zero attached hydrogens (tertiary/aromatic N) is 2. The zero-order valence-corrected chi connectivity index (χ0v) is 26.3. The molecule has 4 aliphatic heterocycles. The van der Waals surface area contributed by atoms with Crippen LogP contribution in [0.1, 0.15) is 66.5 Å². The molecular formula is C31H37ClN2O8. The number of allylic oxidation sites excluding steroid dienone is 4. The summed E-state index contributed by atoms with van der Waals surface area (Å²) >= 11 is 0. The average Bonchev–Trinajstić information content (AvgIpc) is 3.41. The normalized spacial score (nSPS) is 22.4. The van der Waals surface area contributed by atoms with Crippen molar-refractivity contribution >= 4 is 17.1 Å². The van der Waals surface area contributed by atoms with Crippen molar-refractivity contribution in [1.29, 1.82) is 0 Å². The summed E-state index contributed by atoms with van der Waals surface area (Å²) in [6, 6.07) is 8.50. The lowest BCUT2D eigenvalue weighted by Crippen LogP contribution is -2.68. The zero-order chi connectivity index (χ0) is 31.2. The van der Waals surface area contributed by atoms with E-state index in [-0.39, 0.29) is 10.8 Å². The summed E-state index contributed by atoms with van der Waals surface area (Å²) < 4.78 is 60.3. The summed E-state index contributed by atoms with van der Waals surface area (Å²) in [6.45, 7) is 16.8. The molecule has 6 rings (SSSR count). The fourth-order valence-electron chi connectivity index (χ4n) is 6.32. The molecule has 0 saturated heterocycles. The van der Waals surface area contributed by atoms with Crippen LogP contribution in [0, 0.1) is 10.2 Å². The van der Waals surface area contributed by atoms with Crippen LogP contribution in [-0.4, -0.2) is 36.0 Å². The maximum Gasteiger partial charge on any atom is 0.246 e. The first kappa shape index (κ1) is 30.2. The molecule has 2 aromatic carbocycles. The summed E-state index contributed by atoms with van der Waals surface area (Å²) in [5.41, 5.74) is 6.89. The van der Waals surface area contributed by atoms with Crippen molar-refractivity contribution in [3.8, 4) is 23.0 Å². The lowest BCUT2D eigenvalue weighted by molar-refractivity contribution is -2.00. The fraction of sp³-hybridized carbons (Fsp3) is 0.452. The van der Waals surface area contributed by atoms with Crippen molar-refractivity contribution in [2.24, 2.45) is 0 Å². The number of benzene rings is 2. The maximum absolute atomic E-state index is 8.49. The van der Waals surface area contributed by atoms with Crippen LogP contribution in [0.5, 0.6) is 23.0 Å². The molecule has 0 bridgehead atoms. The van der Waals surface area contributed by atoms with Gasteiger partial charge in [0, 0.05) is 69.2 Å². The molecule has 11 heteroatoms. The zero-order valence-electron chi connectivity index (χ0n) is 25.6. The standard InChI is InChI=1S/C31H37N2O4.ClHO4/c1-28(2)18-14-22-24(36-30(5,6)34-22)16-20(18)32(9)26(28)12-11-13-27-29(3,4)19-15-23-25(17-21(19)33(27)10)37-31(7,8)35-23;2-1(3,4)5/h11-17H,1-10H3;(H,2,3,4,5)/q+1;/p-1. The molecule has 0 aliphatic carbocycles. The van der Waals surface area contributed by atoms with Gasteiger partial charge in [-0.2, -0.15) is 4.58 Å². The summed E-state index contributed by atoms with van der Waals surface area (Å²) in [7, 11) is -0.698. The molecule has 0 saturated carbocycles. The minimum Gasteiger partial charge on any atom is -0.449 e. The first-order valence-corrected chi connectivity index (χ1v) is 14.8. The Morgan fingerprint density at radius 2 is 1.17 bits per heavy atom. The SMILES string of the molecule is CN1C(=CC=CC2=[N+](C)c3cc4c(cc3C2(C)C)OC(C)(C)O4)C(C)(C)c2cc3c(cc21)OC(C)(C)O3.[O-][Cl+3]([O-])([O-])[O-]. The lowest BCUT2D eigenvalue weighted by Gasteiger charge is -2.24. The van der Waals surface area contributed by atoms with Crippen molar-refractivity contribution in [3.05, 3.63) is 59.3 Å². The van der Waals surface area contributed by atoms with Gasteiger partial charge < -0.3 is 23.8 Å². The minimum absolute atomic E-state index is 0.174. The first-order chi connectivity index (χ1) is 19.1. The van der Waals surface area contributed by atoms with Crippen LogP contribution < -0.4 is 42.5 Å². The van der Waals surface area contributed by atoms with Gasteiger partial charge in [0.2, 0.25) is 17.3 Å². The Kier molecular flexibility index (Phi) is 6.73. The predicted octanol–water partition coefficient (Wildman–Crippen LogP) is 1.82. The fourth-order valence-corrected chi connectivity index (χ4v) is 6.32. The van der Waals surface area contributed by atoms with Gasteiger partial charge in [0.25, 0.3) is 0 Å². The molecule has 0 aromatic heterocycles. The van der Waals surface area contributed by atoms with E-state index in [0.29, 0.717) is 0 Å². The molecule has 0 radical (unpaired) electrons. The summed E-state index contributed by atoms with van der Waals surface area (Å²) in [5, 5.41) is 0. The van der Waals surface area contributed by atoms with Gasteiger partial charge in [0.1, 0.15) is 7.05 Å². The van der Waals surface area contributed by atoms with Crippen LogP contribution in [-0.2, 0) is 10.8 Å². The van der Waals surface area contributed by atoms with Crippen molar-refractivity contribution in [3.63, 3.8) is 0 Å². The Balaban J connectivity index is 0.000000652. The van der Waals surface area contributed by atoms with E-state index in [2.05, 4.69) is 93.8 Å². The van der Waals surface area contributed by atoms with E-state index in [9.17, 15) is 0 Å². The molecule has 0 unspecified atom stereocenters. The second-order valence-electron chi connectivity index (χ2n) is 12.9. The quantitative estimate of drug-likeness (QED) is 0.473. The number of rotatable bonds is 2. The molecule has 0 N–H and O–H groups in total. The molecule has 4 heterocycles. The van der Waals surface area contributed by atoms with E-state index in [1.165, 1.54) is 22.5 Å². The molecule has 10 nitrogen and oxygen atoms in total. The third-order valence-electron chi connectivity index (χ3n) is 8.13. The molecule has 226 valence electrons. The number of hydrogen-bond acceptors (Lipinski definition) is 9.